The van der Waals surface area contributed by atoms with E-state index in [4.69, 9.17) is 11.6 Å². The lowest BCUT2D eigenvalue weighted by Crippen LogP contribution is -2.24. The summed E-state index contributed by atoms with van der Waals surface area (Å²) in [5, 5.41) is 7.58. The van der Waals surface area contributed by atoms with Crippen LogP contribution >= 0.6 is 11.6 Å². The molecule has 3 amide bonds. The Balaban J connectivity index is 2.13. The second kappa shape index (κ2) is 4.32. The highest BCUT2D eigenvalue weighted by Gasteiger charge is 2.25. The molecule has 5 nitrogen and oxygen atoms in total. The standard InChI is InChI=1S/C10H8ClN3O2/c11-8-4-2-1-3-7(8)5-12-14-6-9(15)13-10(14)16/h1-5H,6H2,(H,13,15,16)/b12-5+. The minimum atomic E-state index is -0.520. The molecule has 1 aliphatic heterocycles. The molecule has 1 fully saturated rings. The summed E-state index contributed by atoms with van der Waals surface area (Å²) in [5.41, 5.74) is 0.691. The highest BCUT2D eigenvalue weighted by atomic mass is 35.5. The third-order valence-corrected chi connectivity index (χ3v) is 2.36. The van der Waals surface area contributed by atoms with Crippen LogP contribution in [0.5, 0.6) is 0 Å². The van der Waals surface area contributed by atoms with Crippen LogP contribution in [0.3, 0.4) is 0 Å². The van der Waals surface area contributed by atoms with E-state index in [2.05, 4.69) is 10.4 Å². The number of amides is 3. The van der Waals surface area contributed by atoms with Crippen LogP contribution in [0.25, 0.3) is 0 Å². The Morgan fingerprint density at radius 2 is 2.12 bits per heavy atom. The lowest BCUT2D eigenvalue weighted by atomic mass is 10.2. The van der Waals surface area contributed by atoms with Crippen molar-refractivity contribution in [3.8, 4) is 0 Å². The molecule has 2 rings (SSSR count). The molecule has 1 aromatic rings. The van der Waals surface area contributed by atoms with Gasteiger partial charge in [0.1, 0.15) is 6.54 Å². The van der Waals surface area contributed by atoms with Crippen LogP contribution in [-0.2, 0) is 4.79 Å². The topological polar surface area (TPSA) is 61.8 Å². The van der Waals surface area contributed by atoms with Crippen molar-refractivity contribution < 1.29 is 9.59 Å². The van der Waals surface area contributed by atoms with Crippen LogP contribution in [0.1, 0.15) is 5.56 Å². The van der Waals surface area contributed by atoms with Gasteiger partial charge >= 0.3 is 6.03 Å². The number of hydrogen-bond donors (Lipinski definition) is 1. The van der Waals surface area contributed by atoms with Gasteiger partial charge in [-0.05, 0) is 6.07 Å². The Morgan fingerprint density at radius 3 is 2.75 bits per heavy atom. The molecular formula is C10H8ClN3O2. The smallest absolute Gasteiger partial charge is 0.275 e. The van der Waals surface area contributed by atoms with Gasteiger partial charge in [0.15, 0.2) is 0 Å². The first-order valence-electron chi connectivity index (χ1n) is 4.56. The van der Waals surface area contributed by atoms with Crippen molar-refractivity contribution in [2.45, 2.75) is 0 Å². The van der Waals surface area contributed by atoms with Gasteiger partial charge in [-0.1, -0.05) is 29.8 Å². The lowest BCUT2D eigenvalue weighted by molar-refractivity contribution is -0.118. The van der Waals surface area contributed by atoms with E-state index >= 15 is 0 Å². The van der Waals surface area contributed by atoms with Crippen molar-refractivity contribution in [2.24, 2.45) is 5.10 Å². The second-order valence-corrected chi connectivity index (χ2v) is 3.58. The van der Waals surface area contributed by atoms with Gasteiger partial charge in [0.05, 0.1) is 6.21 Å². The maximum absolute atomic E-state index is 11.1. The molecule has 1 aromatic carbocycles. The molecule has 1 heterocycles. The lowest BCUT2D eigenvalue weighted by Gasteiger charge is -2.04. The van der Waals surface area contributed by atoms with Crippen molar-refractivity contribution in [3.05, 3.63) is 34.9 Å². The molecule has 0 aliphatic carbocycles. The van der Waals surface area contributed by atoms with Crippen molar-refractivity contribution in [1.82, 2.24) is 10.3 Å². The van der Waals surface area contributed by atoms with Crippen LogP contribution in [0.2, 0.25) is 5.02 Å². The number of carbonyl (C=O) groups is 2. The van der Waals surface area contributed by atoms with E-state index in [9.17, 15) is 9.59 Å². The third-order valence-electron chi connectivity index (χ3n) is 2.02. The van der Waals surface area contributed by atoms with Gasteiger partial charge in [-0.2, -0.15) is 5.10 Å². The first kappa shape index (κ1) is 10.6. The maximum atomic E-state index is 11.1. The third kappa shape index (κ3) is 2.20. The maximum Gasteiger partial charge on any atom is 0.344 e. The normalized spacial score (nSPS) is 15.9. The van der Waals surface area contributed by atoms with Crippen LogP contribution in [0, 0.1) is 0 Å². The highest BCUT2D eigenvalue weighted by molar-refractivity contribution is 6.33. The summed E-state index contributed by atoms with van der Waals surface area (Å²) >= 11 is 5.90. The molecule has 0 atom stereocenters. The summed E-state index contributed by atoms with van der Waals surface area (Å²) in [6, 6.07) is 6.57. The van der Waals surface area contributed by atoms with E-state index in [1.54, 1.807) is 18.2 Å². The number of nitrogens with zero attached hydrogens (tertiary/aromatic N) is 2. The minimum absolute atomic E-state index is 0.0558. The zero-order chi connectivity index (χ0) is 11.5. The number of carbonyl (C=O) groups excluding carboxylic acids is 2. The number of urea groups is 1. The summed E-state index contributed by atoms with van der Waals surface area (Å²) in [7, 11) is 0. The predicted molar refractivity (Wildman–Crippen MR) is 59.3 cm³/mol. The summed E-state index contributed by atoms with van der Waals surface area (Å²) in [6.07, 6.45) is 1.44. The SMILES string of the molecule is O=C1CN(/N=C/c2ccccc2Cl)C(=O)N1. The van der Waals surface area contributed by atoms with Crippen molar-refractivity contribution in [1.29, 1.82) is 0 Å². The molecule has 0 radical (unpaired) electrons. The van der Waals surface area contributed by atoms with Gasteiger partial charge in [0.2, 0.25) is 5.91 Å². The minimum Gasteiger partial charge on any atom is -0.275 e. The van der Waals surface area contributed by atoms with E-state index in [1.165, 1.54) is 6.21 Å². The molecule has 1 saturated heterocycles. The molecule has 0 bridgehead atoms. The molecule has 0 spiro atoms. The van der Waals surface area contributed by atoms with E-state index in [0.717, 1.165) is 5.01 Å². The van der Waals surface area contributed by atoms with Crippen LogP contribution < -0.4 is 5.32 Å². The number of benzene rings is 1. The second-order valence-electron chi connectivity index (χ2n) is 3.18. The van der Waals surface area contributed by atoms with E-state index in [0.29, 0.717) is 10.6 Å². The monoisotopic (exact) mass is 237 g/mol. The number of rotatable bonds is 2. The number of halogens is 1. The molecule has 6 heteroatoms. The molecule has 16 heavy (non-hydrogen) atoms. The number of nitrogens with one attached hydrogen (secondary N) is 1. The van der Waals surface area contributed by atoms with E-state index < -0.39 is 6.03 Å². The molecule has 82 valence electrons. The summed E-state index contributed by atoms with van der Waals surface area (Å²) in [6.45, 7) is -0.0558. The van der Waals surface area contributed by atoms with Gasteiger partial charge in [0, 0.05) is 10.6 Å². The summed E-state index contributed by atoms with van der Waals surface area (Å²) in [5.74, 6) is -0.360. The van der Waals surface area contributed by atoms with Crippen LogP contribution in [-0.4, -0.2) is 29.7 Å². The fourth-order valence-corrected chi connectivity index (χ4v) is 1.42. The Hall–Kier alpha value is -1.88. The summed E-state index contributed by atoms with van der Waals surface area (Å²) in [4.78, 5) is 22.0. The first-order chi connectivity index (χ1) is 7.66. The Morgan fingerprint density at radius 1 is 1.38 bits per heavy atom. The van der Waals surface area contributed by atoms with Crippen molar-refractivity contribution >= 4 is 29.8 Å². The fraction of sp³-hybridized carbons (Fsp3) is 0.100. The number of hydrazone groups is 1. The number of hydrogen-bond acceptors (Lipinski definition) is 3. The molecule has 1 N–H and O–H groups in total. The molecule has 1 aliphatic rings. The first-order valence-corrected chi connectivity index (χ1v) is 4.94. The average molecular weight is 238 g/mol. The van der Waals surface area contributed by atoms with Gasteiger partial charge in [0.25, 0.3) is 0 Å². The van der Waals surface area contributed by atoms with E-state index in [1.807, 2.05) is 6.07 Å². The summed E-state index contributed by atoms with van der Waals surface area (Å²) < 4.78 is 0. The Kier molecular flexibility index (Phi) is 2.87. The number of imide groups is 1. The molecule has 0 unspecified atom stereocenters. The van der Waals surface area contributed by atoms with Gasteiger partial charge in [-0.3, -0.25) is 10.1 Å². The van der Waals surface area contributed by atoms with Gasteiger partial charge in [-0.15, -0.1) is 0 Å². The van der Waals surface area contributed by atoms with E-state index in [-0.39, 0.29) is 12.5 Å². The molecule has 0 aromatic heterocycles. The van der Waals surface area contributed by atoms with Crippen LogP contribution in [0.15, 0.2) is 29.4 Å². The van der Waals surface area contributed by atoms with Gasteiger partial charge in [-0.25, -0.2) is 9.80 Å². The quantitative estimate of drug-likeness (QED) is 0.621. The van der Waals surface area contributed by atoms with Crippen molar-refractivity contribution in [3.63, 3.8) is 0 Å². The zero-order valence-corrected chi connectivity index (χ0v) is 8.94. The highest BCUT2D eigenvalue weighted by Crippen LogP contribution is 2.12. The average Bonchev–Trinajstić information content (AvgIpc) is 2.56. The fourth-order valence-electron chi connectivity index (χ4n) is 1.24. The zero-order valence-electron chi connectivity index (χ0n) is 8.18. The van der Waals surface area contributed by atoms with Crippen LogP contribution in [0.4, 0.5) is 4.79 Å². The molecular weight excluding hydrogens is 230 g/mol. The predicted octanol–water partition coefficient (Wildman–Crippen LogP) is 1.23. The molecule has 0 saturated carbocycles. The van der Waals surface area contributed by atoms with Gasteiger partial charge < -0.3 is 0 Å². The Labute approximate surface area is 96.7 Å². The van der Waals surface area contributed by atoms with Crippen molar-refractivity contribution in [2.75, 3.05) is 6.54 Å². The largest absolute Gasteiger partial charge is 0.344 e. The Bertz CT molecular complexity index is 473.